The van der Waals surface area contributed by atoms with E-state index in [2.05, 4.69) is 65.4 Å². The molecule has 0 fully saturated rings. The number of benzene rings is 2. The first kappa shape index (κ1) is 14.5. The number of hydrogen-bond acceptors (Lipinski definition) is 2. The summed E-state index contributed by atoms with van der Waals surface area (Å²) in [6, 6.07) is 17.4. The lowest BCUT2D eigenvalue weighted by Gasteiger charge is -2.05. The van der Waals surface area contributed by atoms with E-state index in [4.69, 9.17) is 0 Å². The van der Waals surface area contributed by atoms with Crippen LogP contribution in [0.2, 0.25) is 0 Å². The van der Waals surface area contributed by atoms with Crippen molar-refractivity contribution in [2.75, 3.05) is 0 Å². The predicted octanol–water partition coefficient (Wildman–Crippen LogP) is 4.55. The van der Waals surface area contributed by atoms with Gasteiger partial charge >= 0.3 is 0 Å². The Kier molecular flexibility index (Phi) is 4.29. The largest absolute Gasteiger partial charge is 0.241 e. The second-order valence-corrected chi connectivity index (χ2v) is 5.74. The summed E-state index contributed by atoms with van der Waals surface area (Å²) in [6.45, 7) is 4.12. The number of hydrogen-bond donors (Lipinski definition) is 0. The molecule has 0 saturated carbocycles. The highest BCUT2D eigenvalue weighted by atomic mass is 14.9. The van der Waals surface area contributed by atoms with Gasteiger partial charge in [0.05, 0.1) is 0 Å². The second kappa shape index (κ2) is 6.52. The van der Waals surface area contributed by atoms with E-state index in [1.807, 2.05) is 19.3 Å². The van der Waals surface area contributed by atoms with Crippen molar-refractivity contribution in [1.82, 2.24) is 9.97 Å². The maximum absolute atomic E-state index is 4.36. The molecule has 0 saturated heterocycles. The molecule has 1 aromatic heterocycles. The lowest BCUT2D eigenvalue weighted by molar-refractivity contribution is 0.853. The van der Waals surface area contributed by atoms with E-state index in [9.17, 15) is 0 Å². The summed E-state index contributed by atoms with van der Waals surface area (Å²) in [7, 11) is 0. The molecule has 0 radical (unpaired) electrons. The van der Waals surface area contributed by atoms with Crippen LogP contribution < -0.4 is 0 Å². The Bertz CT molecular complexity index is 726. The molecule has 2 heteroatoms. The smallest absolute Gasteiger partial charge is 0.128 e. The molecule has 0 spiro atoms. The van der Waals surface area contributed by atoms with Crippen LogP contribution in [0.5, 0.6) is 0 Å². The monoisotopic (exact) mass is 288 g/mol. The van der Waals surface area contributed by atoms with E-state index in [0.717, 1.165) is 24.2 Å². The zero-order valence-corrected chi connectivity index (χ0v) is 13.1. The highest BCUT2D eigenvalue weighted by Crippen LogP contribution is 2.20. The first-order valence-electron chi connectivity index (χ1n) is 7.64. The standard InChI is InChI=1S/C20H20N2/c1-15-3-8-18(9-4-15)19-10-5-17(6-11-19)7-12-20-21-13-16(2)14-22-20/h3-6,8-11,13-14H,7,12H2,1-2H3. The van der Waals surface area contributed by atoms with Crippen molar-refractivity contribution in [3.05, 3.63) is 83.4 Å². The minimum atomic E-state index is 0.879. The van der Waals surface area contributed by atoms with Crippen molar-refractivity contribution >= 4 is 0 Å². The van der Waals surface area contributed by atoms with Crippen molar-refractivity contribution in [3.8, 4) is 11.1 Å². The first-order valence-corrected chi connectivity index (χ1v) is 7.64. The fourth-order valence-corrected chi connectivity index (χ4v) is 2.41. The summed E-state index contributed by atoms with van der Waals surface area (Å²) < 4.78 is 0. The predicted molar refractivity (Wildman–Crippen MR) is 90.8 cm³/mol. The van der Waals surface area contributed by atoms with E-state index in [1.54, 1.807) is 0 Å². The van der Waals surface area contributed by atoms with E-state index in [1.165, 1.54) is 22.3 Å². The van der Waals surface area contributed by atoms with Crippen molar-refractivity contribution in [2.24, 2.45) is 0 Å². The third-order valence-corrected chi connectivity index (χ3v) is 3.81. The summed E-state index contributed by atoms with van der Waals surface area (Å²) in [5.41, 5.74) is 6.24. The van der Waals surface area contributed by atoms with Gasteiger partial charge in [-0.2, -0.15) is 0 Å². The Morgan fingerprint density at radius 3 is 1.77 bits per heavy atom. The molecule has 0 N–H and O–H groups in total. The fourth-order valence-electron chi connectivity index (χ4n) is 2.41. The number of aromatic nitrogens is 2. The van der Waals surface area contributed by atoms with Gasteiger partial charge in [0, 0.05) is 18.8 Å². The van der Waals surface area contributed by atoms with Crippen molar-refractivity contribution in [1.29, 1.82) is 0 Å². The Labute approximate surface area is 131 Å². The van der Waals surface area contributed by atoms with E-state index in [0.29, 0.717) is 0 Å². The van der Waals surface area contributed by atoms with Crippen LogP contribution in [0.3, 0.4) is 0 Å². The fraction of sp³-hybridized carbons (Fsp3) is 0.200. The van der Waals surface area contributed by atoms with Crippen molar-refractivity contribution in [2.45, 2.75) is 26.7 Å². The van der Waals surface area contributed by atoms with Crippen LogP contribution >= 0.6 is 0 Å². The van der Waals surface area contributed by atoms with Crippen LogP contribution in [0.25, 0.3) is 11.1 Å². The van der Waals surface area contributed by atoms with Crippen LogP contribution in [0, 0.1) is 13.8 Å². The Balaban J connectivity index is 1.66. The van der Waals surface area contributed by atoms with Gasteiger partial charge in [-0.3, -0.25) is 0 Å². The zero-order chi connectivity index (χ0) is 15.4. The van der Waals surface area contributed by atoms with Crippen LogP contribution in [0.1, 0.15) is 22.5 Å². The van der Waals surface area contributed by atoms with Gasteiger partial charge in [-0.05, 0) is 42.5 Å². The summed E-state index contributed by atoms with van der Waals surface area (Å²) in [5, 5.41) is 0. The highest BCUT2D eigenvalue weighted by Gasteiger charge is 2.01. The van der Waals surface area contributed by atoms with E-state index < -0.39 is 0 Å². The van der Waals surface area contributed by atoms with Gasteiger partial charge in [0.2, 0.25) is 0 Å². The Hall–Kier alpha value is -2.48. The second-order valence-electron chi connectivity index (χ2n) is 5.74. The molecule has 1 heterocycles. The first-order chi connectivity index (χ1) is 10.7. The third-order valence-electron chi connectivity index (χ3n) is 3.81. The summed E-state index contributed by atoms with van der Waals surface area (Å²) in [4.78, 5) is 8.71. The summed E-state index contributed by atoms with van der Waals surface area (Å²) in [6.07, 6.45) is 5.60. The molecule has 0 amide bonds. The molecule has 110 valence electrons. The molecule has 3 aromatic rings. The minimum Gasteiger partial charge on any atom is -0.241 e. The molecule has 2 nitrogen and oxygen atoms in total. The molecule has 0 atom stereocenters. The van der Waals surface area contributed by atoms with Gasteiger partial charge in [0.15, 0.2) is 0 Å². The van der Waals surface area contributed by atoms with Gasteiger partial charge in [-0.15, -0.1) is 0 Å². The van der Waals surface area contributed by atoms with E-state index >= 15 is 0 Å². The molecule has 0 aliphatic rings. The average molecular weight is 288 g/mol. The average Bonchev–Trinajstić information content (AvgIpc) is 2.56. The maximum Gasteiger partial charge on any atom is 0.128 e. The van der Waals surface area contributed by atoms with Gasteiger partial charge in [-0.25, -0.2) is 9.97 Å². The molecular formula is C20H20N2. The van der Waals surface area contributed by atoms with Crippen LogP contribution in [-0.2, 0) is 12.8 Å². The van der Waals surface area contributed by atoms with Crippen LogP contribution in [0.15, 0.2) is 60.9 Å². The van der Waals surface area contributed by atoms with Gasteiger partial charge < -0.3 is 0 Å². The lowest BCUT2D eigenvalue weighted by atomic mass is 10.0. The Morgan fingerprint density at radius 1 is 0.636 bits per heavy atom. The third kappa shape index (κ3) is 3.59. The topological polar surface area (TPSA) is 25.8 Å². The van der Waals surface area contributed by atoms with E-state index in [-0.39, 0.29) is 0 Å². The molecule has 0 bridgehead atoms. The maximum atomic E-state index is 4.36. The van der Waals surface area contributed by atoms with Gasteiger partial charge in [0.1, 0.15) is 5.82 Å². The van der Waals surface area contributed by atoms with Gasteiger partial charge in [-0.1, -0.05) is 54.1 Å². The highest BCUT2D eigenvalue weighted by molar-refractivity contribution is 5.63. The number of rotatable bonds is 4. The molecular weight excluding hydrogens is 268 g/mol. The lowest BCUT2D eigenvalue weighted by Crippen LogP contribution is -1.98. The summed E-state index contributed by atoms with van der Waals surface area (Å²) >= 11 is 0. The molecule has 22 heavy (non-hydrogen) atoms. The number of aryl methyl sites for hydroxylation is 4. The zero-order valence-electron chi connectivity index (χ0n) is 13.1. The minimum absolute atomic E-state index is 0.879. The van der Waals surface area contributed by atoms with Crippen LogP contribution in [-0.4, -0.2) is 9.97 Å². The molecule has 3 rings (SSSR count). The summed E-state index contributed by atoms with van der Waals surface area (Å²) in [5.74, 6) is 0.910. The SMILES string of the molecule is Cc1ccc(-c2ccc(CCc3ncc(C)cn3)cc2)cc1. The number of nitrogens with zero attached hydrogens (tertiary/aromatic N) is 2. The van der Waals surface area contributed by atoms with Crippen molar-refractivity contribution in [3.63, 3.8) is 0 Å². The quantitative estimate of drug-likeness (QED) is 0.704. The normalized spacial score (nSPS) is 10.6. The molecule has 0 aliphatic carbocycles. The van der Waals surface area contributed by atoms with Gasteiger partial charge in [0.25, 0.3) is 0 Å². The molecule has 0 unspecified atom stereocenters. The molecule has 2 aromatic carbocycles. The van der Waals surface area contributed by atoms with Crippen molar-refractivity contribution < 1.29 is 0 Å². The molecule has 0 aliphatic heterocycles. The van der Waals surface area contributed by atoms with Crippen LogP contribution in [0.4, 0.5) is 0 Å². The Morgan fingerprint density at radius 2 is 1.18 bits per heavy atom.